The van der Waals surface area contributed by atoms with Crippen molar-refractivity contribution in [3.8, 4) is 0 Å². The third-order valence-corrected chi connectivity index (χ3v) is 4.55. The number of non-ortho nitro benzene ring substituents is 1. The fourth-order valence-corrected chi connectivity index (χ4v) is 3.20. The van der Waals surface area contributed by atoms with Crippen molar-refractivity contribution < 1.29 is 4.92 Å². The summed E-state index contributed by atoms with van der Waals surface area (Å²) in [4.78, 5) is 18.2. The number of nitrogens with zero attached hydrogens (tertiary/aromatic N) is 3. The molecule has 0 fully saturated rings. The topological polar surface area (TPSA) is 58.7 Å². The highest BCUT2D eigenvalue weighted by molar-refractivity contribution is 8.21. The van der Waals surface area contributed by atoms with Crippen LogP contribution in [-0.2, 0) is 0 Å². The van der Waals surface area contributed by atoms with Crippen LogP contribution in [0.1, 0.15) is 11.1 Å². The second-order valence-electron chi connectivity index (χ2n) is 5.27. The molecule has 1 aliphatic heterocycles. The van der Waals surface area contributed by atoms with Gasteiger partial charge < -0.3 is 4.90 Å². The van der Waals surface area contributed by atoms with Gasteiger partial charge in [-0.1, -0.05) is 42.1 Å². The van der Waals surface area contributed by atoms with Gasteiger partial charge >= 0.3 is 0 Å². The van der Waals surface area contributed by atoms with Crippen molar-refractivity contribution in [3.63, 3.8) is 0 Å². The first-order chi connectivity index (χ1) is 11.0. The normalized spacial score (nSPS) is 15.0. The molecule has 2 aromatic carbocycles. The van der Waals surface area contributed by atoms with Crippen LogP contribution < -0.4 is 0 Å². The minimum absolute atomic E-state index is 0.0758. The minimum Gasteiger partial charge on any atom is -0.357 e. The summed E-state index contributed by atoms with van der Waals surface area (Å²) in [7, 11) is 3.87. The van der Waals surface area contributed by atoms with E-state index < -0.39 is 0 Å². The Kier molecular flexibility index (Phi) is 4.16. The zero-order chi connectivity index (χ0) is 16.4. The lowest BCUT2D eigenvalue weighted by atomic mass is 10.1. The maximum atomic E-state index is 11.1. The Labute approximate surface area is 138 Å². The smallest absolute Gasteiger partial charge is 0.270 e. The highest BCUT2D eigenvalue weighted by atomic mass is 32.2. The number of fused-ring (bicyclic) bond motifs is 1. The summed E-state index contributed by atoms with van der Waals surface area (Å²) >= 11 is 1.51. The second-order valence-corrected chi connectivity index (χ2v) is 6.28. The summed E-state index contributed by atoms with van der Waals surface area (Å²) in [5.74, 6) is 0. The van der Waals surface area contributed by atoms with E-state index in [9.17, 15) is 10.1 Å². The molecule has 3 rings (SSSR count). The molecule has 1 heterocycles. The van der Waals surface area contributed by atoms with Crippen LogP contribution in [0.25, 0.3) is 11.0 Å². The van der Waals surface area contributed by atoms with Crippen molar-refractivity contribution in [1.82, 2.24) is 4.90 Å². The summed E-state index contributed by atoms with van der Waals surface area (Å²) < 4.78 is 0. The third kappa shape index (κ3) is 3.27. The van der Waals surface area contributed by atoms with Gasteiger partial charge in [-0.15, -0.1) is 0 Å². The van der Waals surface area contributed by atoms with Gasteiger partial charge in [0.1, 0.15) is 0 Å². The molecule has 0 aliphatic carbocycles. The van der Waals surface area contributed by atoms with E-state index in [2.05, 4.69) is 4.99 Å². The summed E-state index contributed by atoms with van der Waals surface area (Å²) in [5, 5.41) is 11.9. The molecule has 116 valence electrons. The van der Waals surface area contributed by atoms with Crippen LogP contribution in [0.15, 0.2) is 53.5 Å². The predicted molar refractivity (Wildman–Crippen MR) is 95.8 cm³/mol. The number of benzene rings is 2. The summed E-state index contributed by atoms with van der Waals surface area (Å²) in [6, 6.07) is 14.7. The molecule has 6 heteroatoms. The molecule has 1 aliphatic rings. The maximum Gasteiger partial charge on any atom is 0.270 e. The average molecular weight is 325 g/mol. The van der Waals surface area contributed by atoms with E-state index >= 15 is 0 Å². The summed E-state index contributed by atoms with van der Waals surface area (Å²) in [6.45, 7) is 0. The Morgan fingerprint density at radius 3 is 2.57 bits per heavy atom. The molecule has 23 heavy (non-hydrogen) atoms. The van der Waals surface area contributed by atoms with Crippen LogP contribution in [-0.4, -0.2) is 29.1 Å². The van der Waals surface area contributed by atoms with E-state index in [0.29, 0.717) is 0 Å². The standard InChI is InChI=1S/C17H15N3O2S/c1-19(2)17-18-15-9-8-13(20(21)22)11-14(15)16(23-17)10-12-6-4-3-5-7-12/h3-11H,1-2H3. The predicted octanol–water partition coefficient (Wildman–Crippen LogP) is 4.39. The van der Waals surface area contributed by atoms with E-state index in [-0.39, 0.29) is 10.6 Å². The molecule has 0 aromatic heterocycles. The number of nitro groups is 1. The Balaban J connectivity index is 2.14. The highest BCUT2D eigenvalue weighted by Crippen LogP contribution is 2.43. The first-order valence-electron chi connectivity index (χ1n) is 7.04. The van der Waals surface area contributed by atoms with Gasteiger partial charge in [0.15, 0.2) is 5.17 Å². The molecule has 0 bridgehead atoms. The van der Waals surface area contributed by atoms with Crippen LogP contribution in [0.3, 0.4) is 0 Å². The monoisotopic (exact) mass is 325 g/mol. The quantitative estimate of drug-likeness (QED) is 0.607. The van der Waals surface area contributed by atoms with Gasteiger partial charge in [0, 0.05) is 36.7 Å². The van der Waals surface area contributed by atoms with Crippen molar-refractivity contribution in [2.45, 2.75) is 0 Å². The Morgan fingerprint density at radius 2 is 1.91 bits per heavy atom. The first-order valence-corrected chi connectivity index (χ1v) is 7.85. The van der Waals surface area contributed by atoms with E-state index in [1.165, 1.54) is 17.8 Å². The molecule has 0 N–H and O–H groups in total. The van der Waals surface area contributed by atoms with Gasteiger partial charge in [-0.3, -0.25) is 10.1 Å². The van der Waals surface area contributed by atoms with Crippen LogP contribution >= 0.6 is 11.8 Å². The van der Waals surface area contributed by atoms with E-state index in [0.717, 1.165) is 26.9 Å². The molecule has 5 nitrogen and oxygen atoms in total. The van der Waals surface area contributed by atoms with Crippen molar-refractivity contribution in [2.75, 3.05) is 14.1 Å². The largest absolute Gasteiger partial charge is 0.357 e. The lowest BCUT2D eigenvalue weighted by Gasteiger charge is -2.22. The number of thioether (sulfide) groups is 1. The van der Waals surface area contributed by atoms with Crippen LogP contribution in [0.2, 0.25) is 0 Å². The highest BCUT2D eigenvalue weighted by Gasteiger charge is 2.22. The van der Waals surface area contributed by atoms with Gasteiger partial charge in [0.05, 0.1) is 10.6 Å². The number of hydrogen-bond acceptors (Lipinski definition) is 5. The fourth-order valence-electron chi connectivity index (χ4n) is 2.21. The van der Waals surface area contributed by atoms with Crippen LogP contribution in [0.4, 0.5) is 11.4 Å². The molecule has 0 amide bonds. The van der Waals surface area contributed by atoms with Crippen LogP contribution in [0, 0.1) is 10.1 Å². The Hall–Kier alpha value is -2.60. The molecular weight excluding hydrogens is 310 g/mol. The molecule has 0 spiro atoms. The summed E-state index contributed by atoms with van der Waals surface area (Å²) in [5.41, 5.74) is 2.66. The molecule has 0 radical (unpaired) electrons. The van der Waals surface area contributed by atoms with Crippen molar-refractivity contribution in [3.05, 3.63) is 69.8 Å². The SMILES string of the molecule is CN(C)C1=Nc2ccc([N+](=O)[O-])cc2C(=Cc2ccccc2)S1. The average Bonchev–Trinajstić information content (AvgIpc) is 2.55. The van der Waals surface area contributed by atoms with E-state index in [1.54, 1.807) is 12.1 Å². The van der Waals surface area contributed by atoms with Gasteiger partial charge in [-0.2, -0.15) is 0 Å². The molecule has 2 aromatic rings. The lowest BCUT2D eigenvalue weighted by Crippen LogP contribution is -2.19. The summed E-state index contributed by atoms with van der Waals surface area (Å²) in [6.07, 6.45) is 2.03. The third-order valence-electron chi connectivity index (χ3n) is 3.35. The van der Waals surface area contributed by atoms with Crippen molar-refractivity contribution in [2.24, 2.45) is 4.99 Å². The zero-order valence-corrected chi connectivity index (χ0v) is 13.6. The number of hydrogen-bond donors (Lipinski definition) is 0. The first kappa shape index (κ1) is 15.3. The van der Waals surface area contributed by atoms with E-state index in [4.69, 9.17) is 0 Å². The number of nitro benzene ring substituents is 1. The lowest BCUT2D eigenvalue weighted by molar-refractivity contribution is -0.384. The molecule has 0 unspecified atom stereocenters. The van der Waals surface area contributed by atoms with Crippen molar-refractivity contribution >= 4 is 39.3 Å². The second kappa shape index (κ2) is 6.26. The molecule has 0 saturated heterocycles. The molecular formula is C17H15N3O2S. The zero-order valence-electron chi connectivity index (χ0n) is 12.8. The van der Waals surface area contributed by atoms with Gasteiger partial charge in [-0.05, 0) is 17.7 Å². The van der Waals surface area contributed by atoms with E-state index in [1.807, 2.05) is 55.4 Å². The van der Waals surface area contributed by atoms with Crippen molar-refractivity contribution in [1.29, 1.82) is 0 Å². The maximum absolute atomic E-state index is 11.1. The molecule has 0 atom stereocenters. The number of rotatable bonds is 2. The van der Waals surface area contributed by atoms with Gasteiger partial charge in [-0.25, -0.2) is 4.99 Å². The van der Waals surface area contributed by atoms with Gasteiger partial charge in [0.25, 0.3) is 5.69 Å². The Bertz CT molecular complexity index is 814. The minimum atomic E-state index is -0.379. The van der Waals surface area contributed by atoms with Crippen LogP contribution in [0.5, 0.6) is 0 Å². The Morgan fingerprint density at radius 1 is 1.17 bits per heavy atom. The molecule has 0 saturated carbocycles. The fraction of sp³-hybridized carbons (Fsp3) is 0.118. The number of amidine groups is 1. The number of aliphatic imine (C=N–C) groups is 1. The van der Waals surface area contributed by atoms with Gasteiger partial charge in [0.2, 0.25) is 0 Å².